The molecule has 4 nitrogen and oxygen atoms in total. The molecule has 172 valence electrons. The molecule has 0 aromatic heterocycles. The van der Waals surface area contributed by atoms with E-state index in [4.69, 9.17) is 13.9 Å². The Hall–Kier alpha value is -2.02. The van der Waals surface area contributed by atoms with E-state index in [1.54, 1.807) is 6.08 Å². The van der Waals surface area contributed by atoms with E-state index in [9.17, 15) is 5.11 Å². The van der Waals surface area contributed by atoms with Crippen LogP contribution in [-0.4, -0.2) is 43.6 Å². The Morgan fingerprint density at radius 2 is 1.53 bits per heavy atom. The Kier molecular flexibility index (Phi) is 6.99. The highest BCUT2D eigenvalue weighted by Gasteiger charge is 2.57. The second-order valence-electron chi connectivity index (χ2n) is 9.88. The van der Waals surface area contributed by atoms with Gasteiger partial charge in [0.2, 0.25) is 0 Å². The number of hydrogen-bond donors (Lipinski definition) is 1. The molecule has 0 unspecified atom stereocenters. The summed E-state index contributed by atoms with van der Waals surface area (Å²) in [5, 5.41) is 12.8. The molecule has 5 heteroatoms. The molecule has 0 bridgehead atoms. The molecule has 0 saturated carbocycles. The maximum absolute atomic E-state index is 10.7. The summed E-state index contributed by atoms with van der Waals surface area (Å²) in [6.07, 6.45) is 1.58. The fraction of sp³-hybridized carbons (Fsp3) is 0.407. The molecule has 1 aliphatic rings. The standard InChI is InChI=1S/C27H36O4Si/c1-8-23(28)24-27(9-2,31-26(6,7)30-24)20-29-32(25(3,4)5,21-16-12-10-13-17-21)22-18-14-11-15-19-22/h8-19,23-24,28H,1-2,20H2,3-7H3/t23-,24+,27+/m1/s1. The largest absolute Gasteiger partial charge is 0.404 e. The predicted molar refractivity (Wildman–Crippen MR) is 133 cm³/mol. The first-order valence-corrected chi connectivity index (χ1v) is 13.0. The van der Waals surface area contributed by atoms with Gasteiger partial charge in [-0.1, -0.05) is 93.6 Å². The average molecular weight is 453 g/mol. The Bertz CT molecular complexity index is 880. The second kappa shape index (κ2) is 9.08. The van der Waals surface area contributed by atoms with Gasteiger partial charge in [0.25, 0.3) is 8.32 Å². The third-order valence-electron chi connectivity index (χ3n) is 6.16. The van der Waals surface area contributed by atoms with Crippen LogP contribution in [0.5, 0.6) is 0 Å². The van der Waals surface area contributed by atoms with Crippen molar-refractivity contribution in [2.24, 2.45) is 0 Å². The Morgan fingerprint density at radius 1 is 1.03 bits per heavy atom. The third-order valence-corrected chi connectivity index (χ3v) is 11.1. The monoisotopic (exact) mass is 452 g/mol. The number of aliphatic hydroxyl groups is 1. The van der Waals surface area contributed by atoms with E-state index in [0.29, 0.717) is 0 Å². The van der Waals surface area contributed by atoms with Gasteiger partial charge in [0.05, 0.1) is 6.61 Å². The summed E-state index contributed by atoms with van der Waals surface area (Å²) in [4.78, 5) is 0. The molecule has 1 aliphatic heterocycles. The highest BCUT2D eigenvalue weighted by molar-refractivity contribution is 6.99. The van der Waals surface area contributed by atoms with Crippen LogP contribution in [-0.2, 0) is 13.9 Å². The van der Waals surface area contributed by atoms with Gasteiger partial charge >= 0.3 is 0 Å². The van der Waals surface area contributed by atoms with Crippen LogP contribution in [0, 0.1) is 0 Å². The highest BCUT2D eigenvalue weighted by Crippen LogP contribution is 2.42. The molecule has 1 heterocycles. The topological polar surface area (TPSA) is 47.9 Å². The maximum Gasteiger partial charge on any atom is 0.261 e. The normalized spacial score (nSPS) is 24.1. The molecular formula is C27H36O4Si. The fourth-order valence-electron chi connectivity index (χ4n) is 4.74. The molecule has 3 rings (SSSR count). The molecule has 2 aromatic rings. The van der Waals surface area contributed by atoms with Crippen molar-refractivity contribution in [1.82, 2.24) is 0 Å². The van der Waals surface area contributed by atoms with Crippen molar-refractivity contribution >= 4 is 18.7 Å². The maximum atomic E-state index is 10.7. The van der Waals surface area contributed by atoms with E-state index >= 15 is 0 Å². The third kappa shape index (κ3) is 4.41. The number of ether oxygens (including phenoxy) is 2. The van der Waals surface area contributed by atoms with Gasteiger partial charge in [-0.05, 0) is 29.3 Å². The lowest BCUT2D eigenvalue weighted by molar-refractivity contribution is -0.162. The predicted octanol–water partition coefficient (Wildman–Crippen LogP) is 4.19. The summed E-state index contributed by atoms with van der Waals surface area (Å²) >= 11 is 0. The molecule has 0 radical (unpaired) electrons. The minimum Gasteiger partial charge on any atom is -0.404 e. The molecule has 0 spiro atoms. The number of hydrogen-bond acceptors (Lipinski definition) is 4. The van der Waals surface area contributed by atoms with Gasteiger partial charge < -0.3 is 19.0 Å². The molecule has 32 heavy (non-hydrogen) atoms. The molecule has 1 saturated heterocycles. The lowest BCUT2D eigenvalue weighted by Gasteiger charge is -2.45. The number of benzene rings is 2. The van der Waals surface area contributed by atoms with E-state index in [-0.39, 0.29) is 11.6 Å². The Labute approximate surface area is 193 Å². The first-order valence-electron chi connectivity index (χ1n) is 11.1. The summed E-state index contributed by atoms with van der Waals surface area (Å²) in [5.41, 5.74) is -1.02. The van der Waals surface area contributed by atoms with Gasteiger partial charge in [0.15, 0.2) is 5.79 Å². The van der Waals surface area contributed by atoms with E-state index in [1.807, 2.05) is 26.0 Å². The van der Waals surface area contributed by atoms with Crippen LogP contribution in [0.15, 0.2) is 86.0 Å². The minimum atomic E-state index is -2.79. The zero-order valence-corrected chi connectivity index (χ0v) is 20.9. The smallest absolute Gasteiger partial charge is 0.261 e. The second-order valence-corrected chi connectivity index (χ2v) is 14.2. The van der Waals surface area contributed by atoms with Crippen molar-refractivity contribution in [3.05, 3.63) is 86.0 Å². The Morgan fingerprint density at radius 3 is 1.94 bits per heavy atom. The lowest BCUT2D eigenvalue weighted by Crippen LogP contribution is -2.68. The van der Waals surface area contributed by atoms with Crippen LogP contribution in [0.1, 0.15) is 34.6 Å². The quantitative estimate of drug-likeness (QED) is 0.482. The molecule has 3 atom stereocenters. The van der Waals surface area contributed by atoms with Gasteiger partial charge in [0.1, 0.15) is 17.8 Å². The zero-order chi connectivity index (χ0) is 23.6. The van der Waals surface area contributed by atoms with Crippen LogP contribution >= 0.6 is 0 Å². The van der Waals surface area contributed by atoms with Crippen LogP contribution in [0.25, 0.3) is 0 Å². The number of aliphatic hydroxyl groups excluding tert-OH is 1. The van der Waals surface area contributed by atoms with E-state index in [0.717, 1.165) is 0 Å². The van der Waals surface area contributed by atoms with Gasteiger partial charge in [-0.3, -0.25) is 0 Å². The van der Waals surface area contributed by atoms with E-state index < -0.39 is 31.9 Å². The van der Waals surface area contributed by atoms with Crippen molar-refractivity contribution < 1.29 is 19.0 Å². The summed E-state index contributed by atoms with van der Waals surface area (Å²) < 4.78 is 19.5. The molecule has 0 amide bonds. The van der Waals surface area contributed by atoms with Crippen molar-refractivity contribution in [3.8, 4) is 0 Å². The van der Waals surface area contributed by atoms with Gasteiger partial charge in [-0.2, -0.15) is 0 Å². The highest BCUT2D eigenvalue weighted by atomic mass is 28.4. The SMILES string of the molecule is C=C[C@@H](O)[C@@H]1OC(C)(C)O[C@@]1(C=C)CO[Si](c1ccccc1)(c1ccccc1)C(C)(C)C. The average Bonchev–Trinajstić information content (AvgIpc) is 3.05. The fourth-order valence-corrected chi connectivity index (χ4v) is 9.34. The summed E-state index contributed by atoms with van der Waals surface area (Å²) in [5.74, 6) is -0.891. The van der Waals surface area contributed by atoms with Crippen molar-refractivity contribution in [3.63, 3.8) is 0 Å². The first-order chi connectivity index (χ1) is 15.0. The van der Waals surface area contributed by atoms with Crippen LogP contribution in [0.4, 0.5) is 0 Å². The summed E-state index contributed by atoms with van der Waals surface area (Å²) in [7, 11) is -2.79. The molecule has 2 aromatic carbocycles. The summed E-state index contributed by atoms with van der Waals surface area (Å²) in [6.45, 7) is 18.3. The van der Waals surface area contributed by atoms with Gasteiger partial charge in [0, 0.05) is 0 Å². The minimum absolute atomic E-state index is 0.181. The zero-order valence-electron chi connectivity index (χ0n) is 19.9. The number of rotatable bonds is 8. The van der Waals surface area contributed by atoms with Gasteiger partial charge in [-0.25, -0.2) is 0 Å². The van der Waals surface area contributed by atoms with Crippen LogP contribution < -0.4 is 10.4 Å². The summed E-state index contributed by atoms with van der Waals surface area (Å²) in [6, 6.07) is 20.9. The van der Waals surface area contributed by atoms with Crippen LogP contribution in [0.2, 0.25) is 5.04 Å². The van der Waals surface area contributed by atoms with E-state index in [1.165, 1.54) is 16.4 Å². The molecule has 1 N–H and O–H groups in total. The lowest BCUT2D eigenvalue weighted by atomic mass is 9.93. The molecule has 1 fully saturated rings. The first kappa shape index (κ1) is 24.6. The van der Waals surface area contributed by atoms with Crippen molar-refractivity contribution in [1.29, 1.82) is 0 Å². The molecule has 0 aliphatic carbocycles. The van der Waals surface area contributed by atoms with Crippen molar-refractivity contribution in [2.75, 3.05) is 6.61 Å². The van der Waals surface area contributed by atoms with Crippen LogP contribution in [0.3, 0.4) is 0 Å². The van der Waals surface area contributed by atoms with Crippen molar-refractivity contribution in [2.45, 2.75) is 63.3 Å². The van der Waals surface area contributed by atoms with Gasteiger partial charge in [-0.15, -0.1) is 13.2 Å². The Balaban J connectivity index is 2.13. The van der Waals surface area contributed by atoms with E-state index in [2.05, 4.69) is 82.5 Å². The molecular weight excluding hydrogens is 416 g/mol.